The molecule has 3 nitrogen and oxygen atoms in total. The molecule has 0 aliphatic rings. The van der Waals surface area contributed by atoms with E-state index in [1.807, 2.05) is 13.8 Å². The molecule has 0 aliphatic carbocycles. The summed E-state index contributed by atoms with van der Waals surface area (Å²) in [4.78, 5) is 14.4. The van der Waals surface area contributed by atoms with Crippen LogP contribution in [-0.2, 0) is 0 Å². The standard InChI is InChI=1S/C11H14N2O/c1-4-11(3,5-2)13-10(14)9-7-6-8-12-9/h1,6-8,12H,5H2,2-3H3,(H,13,14). The summed E-state index contributed by atoms with van der Waals surface area (Å²) in [7, 11) is 0. The zero-order valence-electron chi connectivity index (χ0n) is 8.42. The van der Waals surface area contributed by atoms with Gasteiger partial charge in [-0.15, -0.1) is 6.42 Å². The quantitative estimate of drug-likeness (QED) is 0.698. The highest BCUT2D eigenvalue weighted by Crippen LogP contribution is 2.08. The third-order valence-corrected chi connectivity index (χ3v) is 2.26. The fraction of sp³-hybridized carbons (Fsp3) is 0.364. The summed E-state index contributed by atoms with van der Waals surface area (Å²) in [5.74, 6) is 2.41. The van der Waals surface area contributed by atoms with Gasteiger partial charge in [0.05, 0.1) is 5.54 Å². The van der Waals surface area contributed by atoms with Crippen LogP contribution in [0.4, 0.5) is 0 Å². The van der Waals surface area contributed by atoms with Gasteiger partial charge in [-0.25, -0.2) is 0 Å². The highest BCUT2D eigenvalue weighted by Gasteiger charge is 2.21. The van der Waals surface area contributed by atoms with Crippen LogP contribution in [0.3, 0.4) is 0 Å². The lowest BCUT2D eigenvalue weighted by atomic mass is 10.0. The number of aromatic amines is 1. The van der Waals surface area contributed by atoms with Crippen LogP contribution in [0.25, 0.3) is 0 Å². The minimum absolute atomic E-state index is 0.169. The van der Waals surface area contributed by atoms with E-state index in [9.17, 15) is 4.79 Å². The topological polar surface area (TPSA) is 44.9 Å². The molecule has 0 saturated carbocycles. The molecule has 0 radical (unpaired) electrons. The summed E-state index contributed by atoms with van der Waals surface area (Å²) in [5, 5.41) is 2.79. The van der Waals surface area contributed by atoms with Crippen molar-refractivity contribution in [2.45, 2.75) is 25.8 Å². The highest BCUT2D eigenvalue weighted by atomic mass is 16.2. The average molecular weight is 190 g/mol. The van der Waals surface area contributed by atoms with Gasteiger partial charge in [0.1, 0.15) is 5.69 Å². The largest absolute Gasteiger partial charge is 0.357 e. The zero-order valence-corrected chi connectivity index (χ0v) is 8.42. The number of H-pyrrole nitrogens is 1. The van der Waals surface area contributed by atoms with Gasteiger partial charge >= 0.3 is 0 Å². The molecular formula is C11H14N2O. The molecular weight excluding hydrogens is 176 g/mol. The lowest BCUT2D eigenvalue weighted by Crippen LogP contribution is -2.44. The SMILES string of the molecule is C#CC(C)(CC)NC(=O)c1ccc[nH]1. The van der Waals surface area contributed by atoms with Gasteiger partial charge in [0.2, 0.25) is 0 Å². The van der Waals surface area contributed by atoms with Gasteiger partial charge in [0.25, 0.3) is 5.91 Å². The summed E-state index contributed by atoms with van der Waals surface area (Å²) in [6.07, 6.45) is 7.75. The van der Waals surface area contributed by atoms with Crippen molar-refractivity contribution in [1.82, 2.24) is 10.3 Å². The number of hydrogen-bond donors (Lipinski definition) is 2. The summed E-state index contributed by atoms with van der Waals surface area (Å²) in [5.41, 5.74) is -0.0396. The van der Waals surface area contributed by atoms with Crippen LogP contribution in [0.1, 0.15) is 30.8 Å². The van der Waals surface area contributed by atoms with Crippen LogP contribution < -0.4 is 5.32 Å². The number of hydrogen-bond acceptors (Lipinski definition) is 1. The van der Waals surface area contributed by atoms with Crippen molar-refractivity contribution >= 4 is 5.91 Å². The van der Waals surface area contributed by atoms with E-state index < -0.39 is 5.54 Å². The van der Waals surface area contributed by atoms with Crippen molar-refractivity contribution < 1.29 is 4.79 Å². The van der Waals surface area contributed by atoms with Gasteiger partial charge in [-0.3, -0.25) is 4.79 Å². The molecule has 1 atom stereocenters. The van der Waals surface area contributed by atoms with Gasteiger partial charge < -0.3 is 10.3 Å². The van der Waals surface area contributed by atoms with Crippen molar-refractivity contribution in [2.24, 2.45) is 0 Å². The Morgan fingerprint density at radius 1 is 1.79 bits per heavy atom. The highest BCUT2D eigenvalue weighted by molar-refractivity contribution is 5.93. The van der Waals surface area contributed by atoms with Gasteiger partial charge in [-0.1, -0.05) is 12.8 Å². The number of carbonyl (C=O) groups excluding carboxylic acids is 1. The third-order valence-electron chi connectivity index (χ3n) is 2.26. The Balaban J connectivity index is 2.71. The Kier molecular flexibility index (Phi) is 2.98. The van der Waals surface area contributed by atoms with Crippen molar-refractivity contribution in [1.29, 1.82) is 0 Å². The van der Waals surface area contributed by atoms with Crippen molar-refractivity contribution in [3.05, 3.63) is 24.0 Å². The molecule has 74 valence electrons. The first kappa shape index (κ1) is 10.4. The van der Waals surface area contributed by atoms with E-state index in [1.165, 1.54) is 0 Å². The number of terminal acetylenes is 1. The maximum Gasteiger partial charge on any atom is 0.268 e. The molecule has 2 N–H and O–H groups in total. The second-order valence-corrected chi connectivity index (χ2v) is 3.37. The summed E-state index contributed by atoms with van der Waals surface area (Å²) < 4.78 is 0. The van der Waals surface area contributed by atoms with Crippen molar-refractivity contribution in [2.75, 3.05) is 0 Å². The normalized spacial score (nSPS) is 14.1. The predicted molar refractivity (Wildman–Crippen MR) is 55.8 cm³/mol. The Bertz CT molecular complexity index is 348. The van der Waals surface area contributed by atoms with E-state index in [4.69, 9.17) is 6.42 Å². The second kappa shape index (κ2) is 4.01. The molecule has 0 saturated heterocycles. The molecule has 0 spiro atoms. The maximum absolute atomic E-state index is 11.6. The number of rotatable bonds is 3. The first-order valence-corrected chi connectivity index (χ1v) is 4.55. The molecule has 1 aromatic rings. The van der Waals surface area contributed by atoms with Gasteiger partial charge in [-0.2, -0.15) is 0 Å². The van der Waals surface area contributed by atoms with E-state index in [-0.39, 0.29) is 5.91 Å². The van der Waals surface area contributed by atoms with Crippen LogP contribution in [0.2, 0.25) is 0 Å². The number of aromatic nitrogens is 1. The summed E-state index contributed by atoms with van der Waals surface area (Å²) in [6, 6.07) is 3.48. The maximum atomic E-state index is 11.6. The van der Waals surface area contributed by atoms with E-state index in [1.54, 1.807) is 18.3 Å². The van der Waals surface area contributed by atoms with E-state index in [0.717, 1.165) is 0 Å². The second-order valence-electron chi connectivity index (χ2n) is 3.37. The first-order chi connectivity index (χ1) is 6.61. The minimum Gasteiger partial charge on any atom is -0.357 e. The molecule has 1 heterocycles. The third kappa shape index (κ3) is 2.17. The fourth-order valence-corrected chi connectivity index (χ4v) is 1.02. The smallest absolute Gasteiger partial charge is 0.268 e. The van der Waals surface area contributed by atoms with Crippen LogP contribution in [-0.4, -0.2) is 16.4 Å². The van der Waals surface area contributed by atoms with Gasteiger partial charge in [0, 0.05) is 6.20 Å². The van der Waals surface area contributed by atoms with Crippen LogP contribution in [0, 0.1) is 12.3 Å². The lowest BCUT2D eigenvalue weighted by molar-refractivity contribution is 0.0919. The Hall–Kier alpha value is -1.69. The monoisotopic (exact) mass is 190 g/mol. The first-order valence-electron chi connectivity index (χ1n) is 4.55. The molecule has 1 unspecified atom stereocenters. The Labute approximate surface area is 83.9 Å². The molecule has 3 heteroatoms. The fourth-order valence-electron chi connectivity index (χ4n) is 1.02. The zero-order chi connectivity index (χ0) is 10.6. The predicted octanol–water partition coefficient (Wildman–Crippen LogP) is 1.55. The molecule has 0 aromatic carbocycles. The summed E-state index contributed by atoms with van der Waals surface area (Å²) >= 11 is 0. The Morgan fingerprint density at radius 3 is 2.93 bits per heavy atom. The number of amides is 1. The molecule has 1 aromatic heterocycles. The van der Waals surface area contributed by atoms with Crippen molar-refractivity contribution in [3.63, 3.8) is 0 Å². The van der Waals surface area contributed by atoms with Crippen LogP contribution in [0.5, 0.6) is 0 Å². The molecule has 1 rings (SSSR count). The van der Waals surface area contributed by atoms with Crippen LogP contribution in [0.15, 0.2) is 18.3 Å². The van der Waals surface area contributed by atoms with E-state index >= 15 is 0 Å². The average Bonchev–Trinajstić information content (AvgIpc) is 2.70. The van der Waals surface area contributed by atoms with E-state index in [2.05, 4.69) is 16.2 Å². The van der Waals surface area contributed by atoms with Crippen LogP contribution >= 0.6 is 0 Å². The lowest BCUT2D eigenvalue weighted by Gasteiger charge is -2.22. The molecule has 0 bridgehead atoms. The Morgan fingerprint density at radius 2 is 2.50 bits per heavy atom. The molecule has 1 amide bonds. The molecule has 14 heavy (non-hydrogen) atoms. The molecule has 0 aliphatic heterocycles. The van der Waals surface area contributed by atoms with Gasteiger partial charge in [-0.05, 0) is 25.5 Å². The number of nitrogens with one attached hydrogen (secondary N) is 2. The minimum atomic E-state index is -0.567. The molecule has 0 fully saturated rings. The van der Waals surface area contributed by atoms with Gasteiger partial charge in [0.15, 0.2) is 0 Å². The summed E-state index contributed by atoms with van der Waals surface area (Å²) in [6.45, 7) is 3.77. The number of carbonyl (C=O) groups is 1. The van der Waals surface area contributed by atoms with E-state index in [0.29, 0.717) is 12.1 Å². The van der Waals surface area contributed by atoms with Crippen molar-refractivity contribution in [3.8, 4) is 12.3 Å².